The zero-order chi connectivity index (χ0) is 23.1. The van der Waals surface area contributed by atoms with E-state index < -0.39 is 19.9 Å². The molecule has 4 rings (SSSR count). The van der Waals surface area contributed by atoms with Gasteiger partial charge in [0.15, 0.2) is 9.84 Å². The number of hydrogen-bond acceptors (Lipinski definition) is 5. The number of sulfonamides is 1. The Kier molecular flexibility index (Phi) is 6.23. The Balaban J connectivity index is 1.39. The highest BCUT2D eigenvalue weighted by Crippen LogP contribution is 2.30. The minimum atomic E-state index is -3.82. The van der Waals surface area contributed by atoms with Crippen LogP contribution >= 0.6 is 11.6 Å². The summed E-state index contributed by atoms with van der Waals surface area (Å²) < 4.78 is 50.9. The minimum absolute atomic E-state index is 0.0343. The number of nitrogens with zero attached hydrogens (tertiary/aromatic N) is 2. The number of benzene rings is 2. The van der Waals surface area contributed by atoms with Crippen LogP contribution in [0.4, 0.5) is 10.5 Å². The van der Waals surface area contributed by atoms with Gasteiger partial charge in [-0.3, -0.25) is 4.90 Å². The Morgan fingerprint density at radius 1 is 1.00 bits per heavy atom. The summed E-state index contributed by atoms with van der Waals surface area (Å²) >= 11 is 6.03. The molecule has 1 saturated heterocycles. The molecule has 0 spiro atoms. The topological polar surface area (TPSA) is 104 Å². The fraction of sp³-hybridized carbons (Fsp3) is 0.381. The highest BCUT2D eigenvalue weighted by Gasteiger charge is 2.32. The molecule has 2 aliphatic rings. The molecular weight excluding hydrogens is 474 g/mol. The van der Waals surface area contributed by atoms with Crippen molar-refractivity contribution < 1.29 is 21.6 Å². The Labute approximate surface area is 193 Å². The van der Waals surface area contributed by atoms with E-state index in [1.54, 1.807) is 11.0 Å². The van der Waals surface area contributed by atoms with Crippen LogP contribution in [-0.4, -0.2) is 59.1 Å². The molecule has 0 atom stereocenters. The van der Waals surface area contributed by atoms with Crippen molar-refractivity contribution >= 4 is 43.2 Å². The predicted molar refractivity (Wildman–Crippen MR) is 122 cm³/mol. The number of urea groups is 1. The Morgan fingerprint density at radius 2 is 1.69 bits per heavy atom. The van der Waals surface area contributed by atoms with Gasteiger partial charge in [-0.05, 0) is 61.2 Å². The molecular formula is C21H24ClN3O5S2. The maximum atomic E-state index is 13.0. The number of nitrogens with one attached hydrogen (secondary N) is 1. The highest BCUT2D eigenvalue weighted by atomic mass is 35.5. The Bertz CT molecular complexity index is 1260. The van der Waals surface area contributed by atoms with Crippen molar-refractivity contribution in [2.45, 2.75) is 35.1 Å². The zero-order valence-corrected chi connectivity index (χ0v) is 19.9. The quantitative estimate of drug-likeness (QED) is 0.699. The maximum absolute atomic E-state index is 13.0. The van der Waals surface area contributed by atoms with Gasteiger partial charge in [-0.1, -0.05) is 17.7 Å². The number of sulfone groups is 1. The molecule has 2 aromatic rings. The van der Waals surface area contributed by atoms with Gasteiger partial charge >= 0.3 is 6.03 Å². The van der Waals surface area contributed by atoms with Gasteiger partial charge in [-0.2, -0.15) is 4.31 Å². The summed E-state index contributed by atoms with van der Waals surface area (Å²) in [6.07, 6.45) is 2.73. The minimum Gasteiger partial charge on any atom is -0.335 e. The number of amides is 2. The van der Waals surface area contributed by atoms with Gasteiger partial charge in [0.1, 0.15) is 0 Å². The summed E-state index contributed by atoms with van der Waals surface area (Å²) in [6.45, 7) is 1.05. The van der Waals surface area contributed by atoms with Crippen LogP contribution in [0.25, 0.3) is 0 Å². The van der Waals surface area contributed by atoms with Crippen LogP contribution in [-0.2, 0) is 26.3 Å². The van der Waals surface area contributed by atoms with E-state index in [0.717, 1.165) is 23.9 Å². The van der Waals surface area contributed by atoms with Crippen molar-refractivity contribution in [1.29, 1.82) is 0 Å². The first kappa shape index (κ1) is 23.0. The molecule has 2 amide bonds. The lowest BCUT2D eigenvalue weighted by Crippen LogP contribution is -2.50. The van der Waals surface area contributed by atoms with Crippen molar-refractivity contribution in [2.75, 3.05) is 30.8 Å². The molecule has 1 N–H and O–H groups in total. The summed E-state index contributed by atoms with van der Waals surface area (Å²) in [4.78, 5) is 14.4. The first-order valence-electron chi connectivity index (χ1n) is 10.2. The number of piperidine rings is 1. The van der Waals surface area contributed by atoms with Crippen molar-refractivity contribution in [3.8, 4) is 0 Å². The van der Waals surface area contributed by atoms with E-state index in [1.165, 1.54) is 28.6 Å². The van der Waals surface area contributed by atoms with E-state index in [0.29, 0.717) is 24.4 Å². The van der Waals surface area contributed by atoms with E-state index >= 15 is 0 Å². The average Bonchev–Trinajstić information content (AvgIpc) is 3.17. The van der Waals surface area contributed by atoms with E-state index in [2.05, 4.69) is 5.32 Å². The van der Waals surface area contributed by atoms with Crippen LogP contribution in [0.3, 0.4) is 0 Å². The van der Waals surface area contributed by atoms with Gasteiger partial charge < -0.3 is 5.32 Å². The molecule has 0 unspecified atom stereocenters. The molecule has 8 nitrogen and oxygen atoms in total. The first-order chi connectivity index (χ1) is 15.1. The molecule has 0 radical (unpaired) electrons. The predicted octanol–water partition coefficient (Wildman–Crippen LogP) is 2.67. The van der Waals surface area contributed by atoms with E-state index in [4.69, 9.17) is 11.6 Å². The average molecular weight is 498 g/mol. The van der Waals surface area contributed by atoms with Crippen LogP contribution in [0.5, 0.6) is 0 Å². The first-order valence-corrected chi connectivity index (χ1v) is 13.9. The van der Waals surface area contributed by atoms with Gasteiger partial charge in [0.2, 0.25) is 10.0 Å². The summed E-state index contributed by atoms with van der Waals surface area (Å²) in [6, 6.07) is 10.5. The lowest BCUT2D eigenvalue weighted by atomic mass is 10.1. The lowest BCUT2D eigenvalue weighted by molar-refractivity contribution is 0.233. The maximum Gasteiger partial charge on any atom is 0.322 e. The summed E-state index contributed by atoms with van der Waals surface area (Å²) in [5, 5.41) is 3.65. The third kappa shape index (κ3) is 4.63. The van der Waals surface area contributed by atoms with Gasteiger partial charge in [-0.25, -0.2) is 21.6 Å². The monoisotopic (exact) mass is 497 g/mol. The molecule has 0 aromatic heterocycles. The lowest BCUT2D eigenvalue weighted by Gasteiger charge is -2.32. The van der Waals surface area contributed by atoms with Gasteiger partial charge in [0.05, 0.1) is 9.79 Å². The molecule has 11 heteroatoms. The molecule has 0 aliphatic carbocycles. The molecule has 1 fully saturated rings. The van der Waals surface area contributed by atoms with E-state index in [1.807, 2.05) is 12.1 Å². The summed E-state index contributed by atoms with van der Waals surface area (Å²) in [7, 11) is -7.34. The van der Waals surface area contributed by atoms with Gasteiger partial charge in [0.25, 0.3) is 0 Å². The number of carbonyl (C=O) groups is 1. The standard InChI is InChI=1S/C21H24ClN3O5S2/c1-31(27,28)18-3-2-4-19(14-18)32(29,30)24-10-8-17(9-11-24)23-21(26)25-12-7-15-13-16(22)5-6-20(15)25/h2-6,13-14,17H,7-12H2,1H3,(H,23,26). The van der Waals surface area contributed by atoms with Gasteiger partial charge in [-0.15, -0.1) is 0 Å². The highest BCUT2D eigenvalue weighted by molar-refractivity contribution is 7.91. The van der Waals surface area contributed by atoms with E-state index in [-0.39, 0.29) is 35.0 Å². The van der Waals surface area contributed by atoms with Crippen LogP contribution < -0.4 is 10.2 Å². The molecule has 0 bridgehead atoms. The largest absolute Gasteiger partial charge is 0.335 e. The van der Waals surface area contributed by atoms with E-state index in [9.17, 15) is 21.6 Å². The second-order valence-electron chi connectivity index (χ2n) is 8.05. The molecule has 0 saturated carbocycles. The van der Waals surface area contributed by atoms with Crippen LogP contribution in [0.15, 0.2) is 52.3 Å². The molecule has 2 aromatic carbocycles. The third-order valence-corrected chi connectivity index (χ3v) is 9.08. The summed E-state index contributed by atoms with van der Waals surface area (Å²) in [5.41, 5.74) is 1.88. The van der Waals surface area contributed by atoms with Crippen LogP contribution in [0.1, 0.15) is 18.4 Å². The second kappa shape index (κ2) is 8.66. The normalized spacial score (nSPS) is 17.9. The van der Waals surface area contributed by atoms with Crippen molar-refractivity contribution in [3.63, 3.8) is 0 Å². The molecule has 32 heavy (non-hydrogen) atoms. The number of halogens is 1. The number of carbonyl (C=O) groups excluding carboxylic acids is 1. The SMILES string of the molecule is CS(=O)(=O)c1cccc(S(=O)(=O)N2CCC(NC(=O)N3CCc4cc(Cl)ccc43)CC2)c1. The Morgan fingerprint density at radius 3 is 2.38 bits per heavy atom. The third-order valence-electron chi connectivity index (χ3n) is 5.84. The number of rotatable bonds is 4. The second-order valence-corrected chi connectivity index (χ2v) is 12.4. The fourth-order valence-corrected chi connectivity index (χ4v) is 6.54. The Hall–Kier alpha value is -2.14. The molecule has 2 heterocycles. The van der Waals surface area contributed by atoms with Crippen LogP contribution in [0.2, 0.25) is 5.02 Å². The molecule has 172 valence electrons. The van der Waals surface area contributed by atoms with Crippen molar-refractivity contribution in [2.24, 2.45) is 0 Å². The van der Waals surface area contributed by atoms with Crippen LogP contribution in [0, 0.1) is 0 Å². The number of anilines is 1. The summed E-state index contributed by atoms with van der Waals surface area (Å²) in [5.74, 6) is 0. The van der Waals surface area contributed by atoms with Gasteiger partial charge in [0, 0.05) is 42.6 Å². The fourth-order valence-electron chi connectivity index (χ4n) is 4.09. The van der Waals surface area contributed by atoms with Crippen molar-refractivity contribution in [3.05, 3.63) is 53.1 Å². The number of hydrogen-bond donors (Lipinski definition) is 1. The smallest absolute Gasteiger partial charge is 0.322 e. The molecule has 2 aliphatic heterocycles. The van der Waals surface area contributed by atoms with Crippen molar-refractivity contribution in [1.82, 2.24) is 9.62 Å². The number of fused-ring (bicyclic) bond motifs is 1. The zero-order valence-electron chi connectivity index (χ0n) is 17.5.